The third-order valence-corrected chi connectivity index (χ3v) is 6.11. The van der Waals surface area contributed by atoms with Crippen molar-refractivity contribution in [2.75, 3.05) is 27.2 Å². The second-order valence-corrected chi connectivity index (χ2v) is 7.89. The summed E-state index contributed by atoms with van der Waals surface area (Å²) in [7, 11) is 3.54. The molecule has 2 aromatic heterocycles. The number of fused-ring (bicyclic) bond motifs is 1. The van der Waals surface area contributed by atoms with E-state index < -0.39 is 0 Å². The number of nitrogens with zero attached hydrogens (tertiary/aromatic N) is 3. The zero-order valence-corrected chi connectivity index (χ0v) is 16.6. The van der Waals surface area contributed by atoms with Gasteiger partial charge in [-0.3, -0.25) is 9.69 Å². The first kappa shape index (κ1) is 17.9. The maximum absolute atomic E-state index is 12.4. The summed E-state index contributed by atoms with van der Waals surface area (Å²) in [5, 5.41) is 3.15. The number of rotatable bonds is 4. The molecule has 0 bridgehead atoms. The summed E-state index contributed by atoms with van der Waals surface area (Å²) >= 11 is 1.69. The van der Waals surface area contributed by atoms with Gasteiger partial charge < -0.3 is 9.64 Å². The van der Waals surface area contributed by atoms with Crippen LogP contribution >= 0.6 is 11.3 Å². The summed E-state index contributed by atoms with van der Waals surface area (Å²) in [4.78, 5) is 22.5. The van der Waals surface area contributed by atoms with Crippen LogP contribution in [0.5, 0.6) is 5.75 Å². The number of aromatic nitrogens is 1. The van der Waals surface area contributed by atoms with Crippen LogP contribution in [-0.4, -0.2) is 54.0 Å². The van der Waals surface area contributed by atoms with Crippen LogP contribution in [0, 0.1) is 0 Å². The molecule has 140 valence electrons. The molecule has 0 aliphatic carbocycles. The second kappa shape index (κ2) is 7.29. The molecule has 6 heteroatoms. The van der Waals surface area contributed by atoms with Crippen molar-refractivity contribution in [2.45, 2.75) is 19.5 Å². The van der Waals surface area contributed by atoms with Gasteiger partial charge in [-0.15, -0.1) is 11.3 Å². The first-order chi connectivity index (χ1) is 13.1. The average molecular weight is 382 g/mol. The Morgan fingerprint density at radius 1 is 1.26 bits per heavy atom. The molecule has 4 rings (SSSR count). The van der Waals surface area contributed by atoms with Gasteiger partial charge in [0.2, 0.25) is 5.91 Å². The van der Waals surface area contributed by atoms with Crippen molar-refractivity contribution in [1.82, 2.24) is 14.8 Å². The molecule has 3 aromatic rings. The van der Waals surface area contributed by atoms with E-state index in [4.69, 9.17) is 9.72 Å². The molecule has 1 fully saturated rings. The molecule has 0 saturated carbocycles. The average Bonchev–Trinajstić information content (AvgIpc) is 3.22. The lowest BCUT2D eigenvalue weighted by Crippen LogP contribution is -2.53. The lowest BCUT2D eigenvalue weighted by atomic mass is 10.1. The summed E-state index contributed by atoms with van der Waals surface area (Å²) in [6.07, 6.45) is 0. The van der Waals surface area contributed by atoms with Crippen molar-refractivity contribution in [3.8, 4) is 16.3 Å². The molecule has 1 aliphatic rings. The number of piperazine rings is 1. The number of methoxy groups -OCH3 is 1. The summed E-state index contributed by atoms with van der Waals surface area (Å²) in [6.45, 7) is 4.33. The Bertz CT molecular complexity index is 971. The molecular formula is C21H23N3O2S. The van der Waals surface area contributed by atoms with Crippen molar-refractivity contribution >= 4 is 28.1 Å². The third-order valence-electron chi connectivity index (χ3n) is 5.24. The van der Waals surface area contributed by atoms with Crippen molar-refractivity contribution in [3.05, 3.63) is 47.3 Å². The van der Waals surface area contributed by atoms with E-state index in [2.05, 4.69) is 22.4 Å². The number of likely N-dealkylation sites (N-methyl/N-ethyl adjacent to an activating group) is 1. The molecule has 1 amide bonds. The highest BCUT2D eigenvalue weighted by atomic mass is 32.1. The number of hydrogen-bond donors (Lipinski definition) is 0. The largest absolute Gasteiger partial charge is 0.497 e. The van der Waals surface area contributed by atoms with Crippen molar-refractivity contribution < 1.29 is 9.53 Å². The van der Waals surface area contributed by atoms with E-state index in [1.54, 1.807) is 18.4 Å². The number of carbonyl (C=O) groups excluding carboxylic acids is 1. The number of benzene rings is 1. The lowest BCUT2D eigenvalue weighted by Gasteiger charge is -2.37. The summed E-state index contributed by atoms with van der Waals surface area (Å²) < 4.78 is 5.35. The predicted molar refractivity (Wildman–Crippen MR) is 109 cm³/mol. The van der Waals surface area contributed by atoms with Crippen molar-refractivity contribution in [3.63, 3.8) is 0 Å². The smallest absolute Gasteiger partial charge is 0.239 e. The molecule has 27 heavy (non-hydrogen) atoms. The van der Waals surface area contributed by atoms with E-state index >= 15 is 0 Å². The minimum absolute atomic E-state index is 0.119. The summed E-state index contributed by atoms with van der Waals surface area (Å²) in [5.74, 6) is 0.982. The van der Waals surface area contributed by atoms with Crippen molar-refractivity contribution in [1.29, 1.82) is 0 Å². The topological polar surface area (TPSA) is 45.7 Å². The SMILES string of the molecule is COc1ccc2cc(CN3CCN(C)C(=O)C3C)c(-c3cccs3)nc2c1. The molecule has 5 nitrogen and oxygen atoms in total. The van der Waals surface area contributed by atoms with Gasteiger partial charge in [-0.05, 0) is 42.1 Å². The normalized spacial score (nSPS) is 18.3. The molecule has 1 atom stereocenters. The van der Waals surface area contributed by atoms with E-state index in [-0.39, 0.29) is 11.9 Å². The molecule has 1 saturated heterocycles. The number of ether oxygens (including phenoxy) is 1. The van der Waals surface area contributed by atoms with Gasteiger partial charge in [-0.25, -0.2) is 4.98 Å². The van der Waals surface area contributed by atoms with Gasteiger partial charge in [0.1, 0.15) is 5.75 Å². The van der Waals surface area contributed by atoms with Crippen LogP contribution in [0.25, 0.3) is 21.5 Å². The molecule has 1 aliphatic heterocycles. The van der Waals surface area contributed by atoms with E-state index in [1.165, 1.54) is 0 Å². The molecule has 3 heterocycles. The molecule has 0 radical (unpaired) electrons. The van der Waals surface area contributed by atoms with Crippen LogP contribution in [0.2, 0.25) is 0 Å². The summed E-state index contributed by atoms with van der Waals surface area (Å²) in [5.41, 5.74) is 3.06. The Hall–Kier alpha value is -2.44. The first-order valence-electron chi connectivity index (χ1n) is 9.07. The maximum Gasteiger partial charge on any atom is 0.239 e. The van der Waals surface area contributed by atoms with Gasteiger partial charge in [0.15, 0.2) is 0 Å². The maximum atomic E-state index is 12.4. The quantitative estimate of drug-likeness (QED) is 0.692. The Labute approximate surface area is 163 Å². The van der Waals surface area contributed by atoms with Crippen molar-refractivity contribution in [2.24, 2.45) is 0 Å². The van der Waals surface area contributed by atoms with Gasteiger partial charge in [0.05, 0.1) is 29.2 Å². The van der Waals surface area contributed by atoms with E-state index in [1.807, 2.05) is 43.1 Å². The number of hydrogen-bond acceptors (Lipinski definition) is 5. The summed E-state index contributed by atoms with van der Waals surface area (Å²) in [6, 6.07) is 12.2. The predicted octanol–water partition coefficient (Wildman–Crippen LogP) is 3.63. The Kier molecular flexibility index (Phi) is 4.85. The fraction of sp³-hybridized carbons (Fsp3) is 0.333. The van der Waals surface area contributed by atoms with Crippen LogP contribution in [0.3, 0.4) is 0 Å². The van der Waals surface area contributed by atoms with Crippen LogP contribution in [0.4, 0.5) is 0 Å². The van der Waals surface area contributed by atoms with E-state index in [9.17, 15) is 4.79 Å². The second-order valence-electron chi connectivity index (χ2n) is 6.94. The highest BCUT2D eigenvalue weighted by Gasteiger charge is 2.30. The number of amides is 1. The number of thiophene rings is 1. The molecule has 0 spiro atoms. The van der Waals surface area contributed by atoms with Crippen LogP contribution < -0.4 is 4.74 Å². The van der Waals surface area contributed by atoms with Crippen LogP contribution in [-0.2, 0) is 11.3 Å². The zero-order chi connectivity index (χ0) is 19.0. The zero-order valence-electron chi connectivity index (χ0n) is 15.8. The first-order valence-corrected chi connectivity index (χ1v) is 9.95. The monoisotopic (exact) mass is 381 g/mol. The minimum atomic E-state index is -0.119. The highest BCUT2D eigenvalue weighted by Crippen LogP contribution is 2.32. The standard InChI is InChI=1S/C21H23N3O2S/c1-14-21(25)23(2)8-9-24(14)13-16-11-15-6-7-17(26-3)12-18(15)22-20(16)19-5-4-10-27-19/h4-7,10-12,14H,8-9,13H2,1-3H3. The lowest BCUT2D eigenvalue weighted by molar-refractivity contribution is -0.139. The van der Waals surface area contributed by atoms with E-state index in [0.717, 1.165) is 45.9 Å². The fourth-order valence-electron chi connectivity index (χ4n) is 3.56. The molecule has 1 unspecified atom stereocenters. The highest BCUT2D eigenvalue weighted by molar-refractivity contribution is 7.13. The van der Waals surface area contributed by atoms with E-state index in [0.29, 0.717) is 6.54 Å². The Morgan fingerprint density at radius 2 is 2.11 bits per heavy atom. The molecule has 0 N–H and O–H groups in total. The molecule has 1 aromatic carbocycles. The minimum Gasteiger partial charge on any atom is -0.497 e. The Balaban J connectivity index is 1.76. The third kappa shape index (κ3) is 3.42. The van der Waals surface area contributed by atoms with Gasteiger partial charge in [0, 0.05) is 38.1 Å². The number of carbonyl (C=O) groups is 1. The number of pyridine rings is 1. The molecular weight excluding hydrogens is 358 g/mol. The Morgan fingerprint density at radius 3 is 2.85 bits per heavy atom. The van der Waals surface area contributed by atoms with Crippen LogP contribution in [0.1, 0.15) is 12.5 Å². The van der Waals surface area contributed by atoms with Gasteiger partial charge >= 0.3 is 0 Å². The van der Waals surface area contributed by atoms with Gasteiger partial charge in [0.25, 0.3) is 0 Å². The van der Waals surface area contributed by atoms with Gasteiger partial charge in [-0.1, -0.05) is 6.07 Å². The van der Waals surface area contributed by atoms with Gasteiger partial charge in [-0.2, -0.15) is 0 Å². The van der Waals surface area contributed by atoms with Crippen LogP contribution in [0.15, 0.2) is 41.8 Å². The fourth-order valence-corrected chi connectivity index (χ4v) is 4.31.